The molecule has 0 spiro atoms. The predicted molar refractivity (Wildman–Crippen MR) is 116 cm³/mol. The van der Waals surface area contributed by atoms with Gasteiger partial charge >= 0.3 is 5.97 Å². The van der Waals surface area contributed by atoms with Crippen molar-refractivity contribution < 1.29 is 19.4 Å². The van der Waals surface area contributed by atoms with Gasteiger partial charge in [-0.25, -0.2) is 14.8 Å². The number of aryl methyl sites for hydroxylation is 2. The van der Waals surface area contributed by atoms with Gasteiger partial charge in [0.2, 0.25) is 0 Å². The van der Waals surface area contributed by atoms with E-state index in [2.05, 4.69) is 5.32 Å². The number of benzene rings is 1. The van der Waals surface area contributed by atoms with Crippen LogP contribution in [0, 0.1) is 0 Å². The summed E-state index contributed by atoms with van der Waals surface area (Å²) in [6, 6.07) is 7.88. The van der Waals surface area contributed by atoms with E-state index < -0.39 is 12.1 Å². The number of hydrogen-bond acceptors (Lipinski definition) is 7. The van der Waals surface area contributed by atoms with E-state index in [1.54, 1.807) is 25.4 Å². The van der Waals surface area contributed by atoms with E-state index in [9.17, 15) is 4.79 Å². The fourth-order valence-electron chi connectivity index (χ4n) is 3.78. The number of nitrogens with zero attached hydrogens (tertiary/aromatic N) is 2. The molecule has 0 fully saturated rings. The average Bonchev–Trinajstić information content (AvgIpc) is 3.14. The third kappa shape index (κ3) is 4.24. The topological polar surface area (TPSA) is 93.6 Å². The van der Waals surface area contributed by atoms with Gasteiger partial charge in [-0.05, 0) is 44.2 Å². The van der Waals surface area contributed by atoms with Gasteiger partial charge in [-0.1, -0.05) is 18.2 Å². The van der Waals surface area contributed by atoms with E-state index in [1.807, 2.05) is 24.3 Å². The number of carbonyl (C=O) groups is 1. The summed E-state index contributed by atoms with van der Waals surface area (Å²) in [4.78, 5) is 22.7. The number of carboxylic acids is 1. The van der Waals surface area contributed by atoms with Crippen molar-refractivity contribution in [1.82, 2.24) is 9.97 Å². The van der Waals surface area contributed by atoms with E-state index in [0.717, 1.165) is 40.2 Å². The number of hydrogen-bond donors (Lipinski definition) is 2. The molecule has 0 amide bonds. The SMILES string of the molecule is COc1ccccc1CNc1nc(C(C)OCC(=O)O)nc2sc3c(c12)CCCC3. The Kier molecular flexibility index (Phi) is 6.15. The van der Waals surface area contributed by atoms with Crippen molar-refractivity contribution >= 4 is 33.3 Å². The molecule has 7 nitrogen and oxygen atoms in total. The van der Waals surface area contributed by atoms with Crippen LogP contribution in [0.4, 0.5) is 5.82 Å². The molecule has 1 atom stereocenters. The number of rotatable bonds is 8. The fraction of sp³-hybridized carbons (Fsp3) is 0.409. The molecule has 4 rings (SSSR count). The van der Waals surface area contributed by atoms with Crippen molar-refractivity contribution in [2.24, 2.45) is 0 Å². The van der Waals surface area contributed by atoms with E-state index >= 15 is 0 Å². The quantitative estimate of drug-likeness (QED) is 0.552. The smallest absolute Gasteiger partial charge is 0.329 e. The highest BCUT2D eigenvalue weighted by molar-refractivity contribution is 7.19. The van der Waals surface area contributed by atoms with E-state index in [-0.39, 0.29) is 6.61 Å². The zero-order valence-corrected chi connectivity index (χ0v) is 17.9. The number of carboxylic acid groups (broad SMARTS) is 1. The number of para-hydroxylation sites is 1. The van der Waals surface area contributed by atoms with Crippen LogP contribution in [-0.2, 0) is 28.9 Å². The van der Waals surface area contributed by atoms with Crippen LogP contribution in [-0.4, -0.2) is 34.8 Å². The maximum Gasteiger partial charge on any atom is 0.329 e. The summed E-state index contributed by atoms with van der Waals surface area (Å²) in [5.74, 6) is 1.07. The Balaban J connectivity index is 1.71. The Morgan fingerprint density at radius 3 is 2.87 bits per heavy atom. The van der Waals surface area contributed by atoms with Crippen molar-refractivity contribution in [3.05, 3.63) is 46.1 Å². The first kappa shape index (κ1) is 20.6. The molecule has 2 N–H and O–H groups in total. The number of fused-ring (bicyclic) bond motifs is 3. The number of thiophene rings is 1. The first-order valence-electron chi connectivity index (χ1n) is 10.1. The Morgan fingerprint density at radius 2 is 2.07 bits per heavy atom. The normalized spacial score (nSPS) is 14.3. The molecule has 1 unspecified atom stereocenters. The average molecular weight is 428 g/mol. The highest BCUT2D eigenvalue weighted by Crippen LogP contribution is 2.39. The number of aliphatic carboxylic acids is 1. The van der Waals surface area contributed by atoms with Crippen LogP contribution in [0.2, 0.25) is 0 Å². The molecule has 0 saturated heterocycles. The lowest BCUT2D eigenvalue weighted by Crippen LogP contribution is -2.13. The minimum absolute atomic E-state index is 0.381. The van der Waals surface area contributed by atoms with Crippen LogP contribution in [0.15, 0.2) is 24.3 Å². The summed E-state index contributed by atoms with van der Waals surface area (Å²) in [5, 5.41) is 13.5. The molecule has 0 bridgehead atoms. The Morgan fingerprint density at radius 1 is 1.27 bits per heavy atom. The zero-order valence-electron chi connectivity index (χ0n) is 17.1. The Labute approximate surface area is 179 Å². The minimum atomic E-state index is -1.01. The van der Waals surface area contributed by atoms with Gasteiger partial charge in [0.05, 0.1) is 12.5 Å². The molecular formula is C22H25N3O4S. The number of nitrogens with one attached hydrogen (secondary N) is 1. The number of methoxy groups -OCH3 is 1. The molecule has 1 aliphatic rings. The van der Waals surface area contributed by atoms with Gasteiger partial charge in [-0.2, -0.15) is 0 Å². The van der Waals surface area contributed by atoms with Crippen molar-refractivity contribution in [1.29, 1.82) is 0 Å². The molecule has 0 radical (unpaired) electrons. The first-order valence-corrected chi connectivity index (χ1v) is 10.9. The summed E-state index contributed by atoms with van der Waals surface area (Å²) in [6.45, 7) is 1.96. The molecule has 1 aliphatic carbocycles. The van der Waals surface area contributed by atoms with Crippen molar-refractivity contribution in [3.8, 4) is 5.75 Å². The lowest BCUT2D eigenvalue weighted by molar-refractivity contribution is -0.144. The van der Waals surface area contributed by atoms with Gasteiger partial charge in [0.1, 0.15) is 29.1 Å². The van der Waals surface area contributed by atoms with Crippen LogP contribution >= 0.6 is 11.3 Å². The van der Waals surface area contributed by atoms with Crippen LogP contribution in [0.1, 0.15) is 47.7 Å². The monoisotopic (exact) mass is 427 g/mol. The zero-order chi connectivity index (χ0) is 21.1. The van der Waals surface area contributed by atoms with Crippen molar-refractivity contribution in [2.75, 3.05) is 19.0 Å². The predicted octanol–water partition coefficient (Wildman–Crippen LogP) is 4.35. The highest BCUT2D eigenvalue weighted by atomic mass is 32.1. The molecule has 158 valence electrons. The van der Waals surface area contributed by atoms with Crippen molar-refractivity contribution in [2.45, 2.75) is 45.3 Å². The molecule has 0 aliphatic heterocycles. The van der Waals surface area contributed by atoms with E-state index in [1.165, 1.54) is 23.3 Å². The van der Waals surface area contributed by atoms with Crippen LogP contribution in [0.5, 0.6) is 5.75 Å². The van der Waals surface area contributed by atoms with Gasteiger partial charge in [-0.3, -0.25) is 0 Å². The molecule has 2 heterocycles. The molecule has 3 aromatic rings. The summed E-state index contributed by atoms with van der Waals surface area (Å²) in [6.07, 6.45) is 3.96. The third-order valence-corrected chi connectivity index (χ3v) is 6.48. The van der Waals surface area contributed by atoms with Gasteiger partial charge < -0.3 is 19.9 Å². The maximum absolute atomic E-state index is 10.9. The van der Waals surface area contributed by atoms with Gasteiger partial charge in [-0.15, -0.1) is 11.3 Å². The second-order valence-corrected chi connectivity index (χ2v) is 8.42. The first-order chi connectivity index (χ1) is 14.6. The number of aromatic nitrogens is 2. The summed E-state index contributed by atoms with van der Waals surface area (Å²) >= 11 is 1.71. The number of anilines is 1. The molecule has 8 heteroatoms. The summed E-state index contributed by atoms with van der Waals surface area (Å²) < 4.78 is 10.9. The van der Waals surface area contributed by atoms with Crippen LogP contribution in [0.25, 0.3) is 10.2 Å². The molecule has 30 heavy (non-hydrogen) atoms. The minimum Gasteiger partial charge on any atom is -0.496 e. The molecule has 1 aromatic carbocycles. The van der Waals surface area contributed by atoms with Crippen LogP contribution in [0.3, 0.4) is 0 Å². The Bertz CT molecular complexity index is 1070. The maximum atomic E-state index is 10.9. The lowest BCUT2D eigenvalue weighted by atomic mass is 9.97. The second-order valence-electron chi connectivity index (χ2n) is 7.33. The van der Waals surface area contributed by atoms with Gasteiger partial charge in [0.25, 0.3) is 0 Å². The fourth-order valence-corrected chi connectivity index (χ4v) is 5.05. The van der Waals surface area contributed by atoms with Crippen molar-refractivity contribution in [3.63, 3.8) is 0 Å². The van der Waals surface area contributed by atoms with Gasteiger partial charge in [0.15, 0.2) is 5.82 Å². The third-order valence-electron chi connectivity index (χ3n) is 5.29. The van der Waals surface area contributed by atoms with E-state index in [0.29, 0.717) is 12.4 Å². The summed E-state index contributed by atoms with van der Waals surface area (Å²) in [7, 11) is 1.66. The van der Waals surface area contributed by atoms with Crippen LogP contribution < -0.4 is 10.1 Å². The highest BCUT2D eigenvalue weighted by Gasteiger charge is 2.23. The summed E-state index contributed by atoms with van der Waals surface area (Å²) in [5.41, 5.74) is 2.38. The molecule has 2 aromatic heterocycles. The Hall–Kier alpha value is -2.71. The lowest BCUT2D eigenvalue weighted by Gasteiger charge is -2.16. The van der Waals surface area contributed by atoms with E-state index in [4.69, 9.17) is 24.5 Å². The standard InChI is InChI=1S/C22H25N3O4S/c1-13(29-12-18(26)27)20-24-21(23-11-14-7-3-5-9-16(14)28-2)19-15-8-4-6-10-17(15)30-22(19)25-20/h3,5,7,9,13H,4,6,8,10-12H2,1-2H3,(H,26,27)(H,23,24,25). The van der Waals surface area contributed by atoms with Gasteiger partial charge in [0, 0.05) is 17.0 Å². The molecule has 0 saturated carbocycles. The molecular weight excluding hydrogens is 402 g/mol. The second kappa shape index (κ2) is 8.97. The largest absolute Gasteiger partial charge is 0.496 e. The number of ether oxygens (including phenoxy) is 2.